The van der Waals surface area contributed by atoms with Crippen LogP contribution in [0.1, 0.15) is 18.4 Å². The van der Waals surface area contributed by atoms with Crippen molar-refractivity contribution in [3.05, 3.63) is 41.4 Å². The van der Waals surface area contributed by atoms with Gasteiger partial charge in [-0.1, -0.05) is 0 Å². The van der Waals surface area contributed by atoms with Crippen molar-refractivity contribution in [1.29, 1.82) is 0 Å². The molecule has 3 rings (SSSR count). The third-order valence-electron chi connectivity index (χ3n) is 4.26. The molecule has 0 aliphatic carbocycles. The quantitative estimate of drug-likeness (QED) is 0.829. The number of anilines is 1. The number of halogens is 3. The van der Waals surface area contributed by atoms with Gasteiger partial charge >= 0.3 is 6.18 Å². The second-order valence-electron chi connectivity index (χ2n) is 6.14. The van der Waals surface area contributed by atoms with E-state index in [1.807, 2.05) is 5.38 Å². The molecule has 0 radical (unpaired) electrons. The molecule has 0 bridgehead atoms. The van der Waals surface area contributed by atoms with Crippen LogP contribution in [-0.2, 0) is 16.2 Å². The highest BCUT2D eigenvalue weighted by molar-refractivity contribution is 7.89. The van der Waals surface area contributed by atoms with Crippen LogP contribution in [0.15, 0.2) is 40.7 Å². The minimum atomic E-state index is -4.49. The van der Waals surface area contributed by atoms with Gasteiger partial charge in [-0.2, -0.15) is 13.2 Å². The van der Waals surface area contributed by atoms with Gasteiger partial charge in [-0.05, 0) is 43.0 Å². The number of benzene rings is 1. The zero-order chi connectivity index (χ0) is 18.8. The average Bonchev–Trinajstić information content (AvgIpc) is 3.14. The molecular weight excluding hydrogens is 387 g/mol. The lowest BCUT2D eigenvalue weighted by atomic mass is 9.99. The summed E-state index contributed by atoms with van der Waals surface area (Å²) in [4.78, 5) is 6.23. The van der Waals surface area contributed by atoms with E-state index in [1.54, 1.807) is 6.20 Å². The first-order valence-corrected chi connectivity index (χ1v) is 10.4. The molecule has 1 saturated heterocycles. The molecule has 1 aromatic carbocycles. The summed E-state index contributed by atoms with van der Waals surface area (Å²) in [5.74, 6) is 0.122. The minimum Gasteiger partial charge on any atom is -0.348 e. The van der Waals surface area contributed by atoms with Gasteiger partial charge in [0.25, 0.3) is 0 Å². The second-order valence-corrected chi connectivity index (χ2v) is 8.78. The van der Waals surface area contributed by atoms with E-state index in [4.69, 9.17) is 0 Å². The number of aromatic nitrogens is 1. The summed E-state index contributed by atoms with van der Waals surface area (Å²) in [6.45, 7) is 1.82. The van der Waals surface area contributed by atoms with Gasteiger partial charge in [-0.25, -0.2) is 18.1 Å². The number of piperidine rings is 1. The summed E-state index contributed by atoms with van der Waals surface area (Å²) < 4.78 is 64.9. The van der Waals surface area contributed by atoms with Crippen molar-refractivity contribution in [3.8, 4) is 0 Å². The molecule has 1 atom stereocenters. The van der Waals surface area contributed by atoms with Gasteiger partial charge in [0.05, 0.1) is 10.5 Å². The molecule has 26 heavy (non-hydrogen) atoms. The van der Waals surface area contributed by atoms with E-state index in [9.17, 15) is 21.6 Å². The zero-order valence-electron chi connectivity index (χ0n) is 13.7. The summed E-state index contributed by atoms with van der Waals surface area (Å²) in [5.41, 5.74) is -0.872. The van der Waals surface area contributed by atoms with Crippen LogP contribution in [0, 0.1) is 5.92 Å². The predicted molar refractivity (Wildman–Crippen MR) is 93.7 cm³/mol. The molecule has 1 aromatic heterocycles. The maximum Gasteiger partial charge on any atom is 0.416 e. The van der Waals surface area contributed by atoms with Crippen LogP contribution in [0.3, 0.4) is 0 Å². The Labute approximate surface area is 153 Å². The summed E-state index contributed by atoms with van der Waals surface area (Å²) >= 11 is 1.54. The number of rotatable bonds is 5. The van der Waals surface area contributed by atoms with E-state index in [2.05, 4.69) is 14.6 Å². The number of sulfonamides is 1. The Balaban J connectivity index is 1.61. The Kier molecular flexibility index (Phi) is 5.54. The van der Waals surface area contributed by atoms with Gasteiger partial charge in [0, 0.05) is 31.2 Å². The summed E-state index contributed by atoms with van der Waals surface area (Å²) in [6, 6.07) is 3.51. The predicted octanol–water partition coefficient (Wildman–Crippen LogP) is 3.36. The van der Waals surface area contributed by atoms with E-state index in [0.29, 0.717) is 6.54 Å². The molecule has 10 heteroatoms. The number of hydrogen-bond acceptors (Lipinski definition) is 5. The zero-order valence-corrected chi connectivity index (χ0v) is 15.4. The smallest absolute Gasteiger partial charge is 0.348 e. The lowest BCUT2D eigenvalue weighted by Crippen LogP contribution is -2.41. The first-order valence-electron chi connectivity index (χ1n) is 8.07. The Hall–Kier alpha value is -1.65. The van der Waals surface area contributed by atoms with E-state index in [0.717, 1.165) is 48.8 Å². The third-order valence-corrected chi connectivity index (χ3v) is 6.53. The van der Waals surface area contributed by atoms with Crippen molar-refractivity contribution in [1.82, 2.24) is 9.71 Å². The van der Waals surface area contributed by atoms with E-state index >= 15 is 0 Å². The first-order chi connectivity index (χ1) is 12.3. The summed E-state index contributed by atoms with van der Waals surface area (Å²) in [7, 11) is -3.84. The van der Waals surface area contributed by atoms with Crippen LogP contribution in [0.25, 0.3) is 0 Å². The van der Waals surface area contributed by atoms with Gasteiger partial charge in [0.1, 0.15) is 0 Å². The number of hydrogen-bond donors (Lipinski definition) is 1. The molecule has 2 aromatic rings. The largest absolute Gasteiger partial charge is 0.416 e. The third kappa shape index (κ3) is 4.54. The Morgan fingerprint density at radius 1 is 1.27 bits per heavy atom. The van der Waals surface area contributed by atoms with Crippen molar-refractivity contribution < 1.29 is 21.6 Å². The van der Waals surface area contributed by atoms with Crippen LogP contribution in [0.4, 0.5) is 18.3 Å². The van der Waals surface area contributed by atoms with Gasteiger partial charge in [0.2, 0.25) is 10.0 Å². The van der Waals surface area contributed by atoms with Gasteiger partial charge < -0.3 is 4.90 Å². The highest BCUT2D eigenvalue weighted by Crippen LogP contribution is 2.30. The monoisotopic (exact) mass is 405 g/mol. The molecule has 1 unspecified atom stereocenters. The molecule has 1 N–H and O–H groups in total. The molecule has 1 aliphatic heterocycles. The van der Waals surface area contributed by atoms with Crippen LogP contribution in [0.2, 0.25) is 0 Å². The molecule has 5 nitrogen and oxygen atoms in total. The fourth-order valence-corrected chi connectivity index (χ4v) is 4.71. The molecule has 0 spiro atoms. The highest BCUT2D eigenvalue weighted by Gasteiger charge is 2.31. The van der Waals surface area contributed by atoms with Gasteiger partial charge in [-0.3, -0.25) is 0 Å². The Morgan fingerprint density at radius 2 is 2.00 bits per heavy atom. The number of nitrogens with one attached hydrogen (secondary N) is 1. The molecule has 0 amide bonds. The molecule has 0 saturated carbocycles. The maximum atomic E-state index is 12.6. The lowest BCUT2D eigenvalue weighted by molar-refractivity contribution is -0.137. The van der Waals surface area contributed by atoms with Crippen molar-refractivity contribution in [3.63, 3.8) is 0 Å². The fraction of sp³-hybridized carbons (Fsp3) is 0.438. The minimum absolute atomic E-state index is 0.122. The van der Waals surface area contributed by atoms with E-state index in [-0.39, 0.29) is 17.4 Å². The normalized spacial score (nSPS) is 18.9. The SMILES string of the molecule is O=S(=O)(NCC1CCCN(c2nccs2)C1)c1ccc(C(F)(F)F)cc1. The maximum absolute atomic E-state index is 12.6. The summed E-state index contributed by atoms with van der Waals surface area (Å²) in [5, 5.41) is 2.81. The second kappa shape index (κ2) is 7.53. The number of nitrogens with zero attached hydrogens (tertiary/aromatic N) is 2. The van der Waals surface area contributed by atoms with Crippen molar-refractivity contribution >= 4 is 26.5 Å². The van der Waals surface area contributed by atoms with Crippen LogP contribution in [-0.4, -0.2) is 33.0 Å². The fourth-order valence-electron chi connectivity index (χ4n) is 2.91. The Morgan fingerprint density at radius 3 is 2.62 bits per heavy atom. The summed E-state index contributed by atoms with van der Waals surface area (Å²) in [6.07, 6.45) is -0.933. The Bertz CT molecular complexity index is 821. The number of thiazole rings is 1. The van der Waals surface area contributed by atoms with E-state index < -0.39 is 21.8 Å². The first kappa shape index (κ1) is 19.1. The van der Waals surface area contributed by atoms with Crippen LogP contribution in [0.5, 0.6) is 0 Å². The molecule has 1 fully saturated rings. The lowest BCUT2D eigenvalue weighted by Gasteiger charge is -2.32. The molecular formula is C16H18F3N3O2S2. The standard InChI is InChI=1S/C16H18F3N3O2S2/c17-16(18,19)13-3-5-14(6-4-13)26(23,24)21-10-12-2-1-8-22(11-12)15-20-7-9-25-15/h3-7,9,12,21H,1-2,8,10-11H2. The number of alkyl halides is 3. The van der Waals surface area contributed by atoms with Crippen LogP contribution >= 0.6 is 11.3 Å². The average molecular weight is 405 g/mol. The van der Waals surface area contributed by atoms with Gasteiger partial charge in [0.15, 0.2) is 5.13 Å². The molecule has 142 valence electrons. The topological polar surface area (TPSA) is 62.3 Å². The highest BCUT2D eigenvalue weighted by atomic mass is 32.2. The van der Waals surface area contributed by atoms with Crippen molar-refractivity contribution in [2.45, 2.75) is 23.9 Å². The van der Waals surface area contributed by atoms with Crippen molar-refractivity contribution in [2.24, 2.45) is 5.92 Å². The van der Waals surface area contributed by atoms with Crippen molar-refractivity contribution in [2.75, 3.05) is 24.5 Å². The molecule has 2 heterocycles. The van der Waals surface area contributed by atoms with Gasteiger partial charge in [-0.15, -0.1) is 11.3 Å². The van der Waals surface area contributed by atoms with Crippen LogP contribution < -0.4 is 9.62 Å². The molecule has 1 aliphatic rings. The van der Waals surface area contributed by atoms with E-state index in [1.165, 1.54) is 11.3 Å².